The molecule has 0 saturated carbocycles. The van der Waals surface area contributed by atoms with Gasteiger partial charge in [-0.2, -0.15) is 13.2 Å². The van der Waals surface area contributed by atoms with Gasteiger partial charge in [-0.3, -0.25) is 0 Å². The minimum Gasteiger partial charge on any atom is -0.466 e. The number of alkyl halides is 3. The molecule has 1 aromatic rings. The smallest absolute Gasteiger partial charge is 0.433 e. The predicted octanol–water partition coefficient (Wildman–Crippen LogP) is 1.62. The average molecular weight is 251 g/mol. The quantitative estimate of drug-likeness (QED) is 0.808. The predicted molar refractivity (Wildman–Crippen MR) is 52.5 cm³/mol. The summed E-state index contributed by atoms with van der Waals surface area (Å²) in [4.78, 5) is 3.26. The SMILES string of the molecule is COCOc1cnc(C(F)(F)F)cc1CCO. The van der Waals surface area contributed by atoms with E-state index in [0.717, 1.165) is 12.3 Å². The fourth-order valence-corrected chi connectivity index (χ4v) is 1.21. The van der Waals surface area contributed by atoms with Crippen LogP contribution in [0.25, 0.3) is 0 Å². The van der Waals surface area contributed by atoms with E-state index in [9.17, 15) is 13.2 Å². The third-order valence-corrected chi connectivity index (χ3v) is 1.95. The largest absolute Gasteiger partial charge is 0.466 e. The van der Waals surface area contributed by atoms with Gasteiger partial charge in [0.1, 0.15) is 11.4 Å². The third-order valence-electron chi connectivity index (χ3n) is 1.95. The number of hydrogen-bond acceptors (Lipinski definition) is 4. The van der Waals surface area contributed by atoms with E-state index in [-0.39, 0.29) is 31.1 Å². The van der Waals surface area contributed by atoms with Crippen LogP contribution in [0, 0.1) is 0 Å². The van der Waals surface area contributed by atoms with Gasteiger partial charge in [-0.15, -0.1) is 0 Å². The van der Waals surface area contributed by atoms with Gasteiger partial charge in [0.2, 0.25) is 0 Å². The van der Waals surface area contributed by atoms with Gasteiger partial charge in [0.15, 0.2) is 6.79 Å². The summed E-state index contributed by atoms with van der Waals surface area (Å²) in [6, 6.07) is 0.862. The van der Waals surface area contributed by atoms with E-state index >= 15 is 0 Å². The molecule has 1 N–H and O–H groups in total. The van der Waals surface area contributed by atoms with E-state index in [1.54, 1.807) is 0 Å². The zero-order valence-corrected chi connectivity index (χ0v) is 9.12. The first-order valence-corrected chi connectivity index (χ1v) is 4.77. The number of methoxy groups -OCH3 is 1. The normalized spacial score (nSPS) is 11.6. The highest BCUT2D eigenvalue weighted by Crippen LogP contribution is 2.30. The number of pyridine rings is 1. The van der Waals surface area contributed by atoms with Crippen LogP contribution in [-0.2, 0) is 17.3 Å². The van der Waals surface area contributed by atoms with Crippen LogP contribution in [0.5, 0.6) is 5.75 Å². The van der Waals surface area contributed by atoms with Crippen molar-refractivity contribution < 1.29 is 27.8 Å². The van der Waals surface area contributed by atoms with Gasteiger partial charge in [0.25, 0.3) is 0 Å². The van der Waals surface area contributed by atoms with Crippen LogP contribution in [0.2, 0.25) is 0 Å². The maximum Gasteiger partial charge on any atom is 0.433 e. The van der Waals surface area contributed by atoms with Gasteiger partial charge < -0.3 is 14.6 Å². The number of aromatic nitrogens is 1. The van der Waals surface area contributed by atoms with Crippen molar-refractivity contribution in [2.24, 2.45) is 0 Å². The Hall–Kier alpha value is -1.34. The molecule has 0 aliphatic rings. The van der Waals surface area contributed by atoms with Gasteiger partial charge >= 0.3 is 6.18 Å². The summed E-state index contributed by atoms with van der Waals surface area (Å²) < 4.78 is 46.9. The van der Waals surface area contributed by atoms with E-state index in [0.29, 0.717) is 0 Å². The van der Waals surface area contributed by atoms with Crippen molar-refractivity contribution >= 4 is 0 Å². The van der Waals surface area contributed by atoms with Crippen molar-refractivity contribution in [2.45, 2.75) is 12.6 Å². The Morgan fingerprint density at radius 1 is 1.41 bits per heavy atom. The summed E-state index contributed by atoms with van der Waals surface area (Å²) >= 11 is 0. The fraction of sp³-hybridized carbons (Fsp3) is 0.500. The summed E-state index contributed by atoms with van der Waals surface area (Å²) in [6.07, 6.45) is -3.47. The lowest BCUT2D eigenvalue weighted by Crippen LogP contribution is -2.11. The van der Waals surface area contributed by atoms with Gasteiger partial charge in [0, 0.05) is 19.3 Å². The van der Waals surface area contributed by atoms with Crippen molar-refractivity contribution in [2.75, 3.05) is 20.5 Å². The maximum absolute atomic E-state index is 12.4. The van der Waals surface area contributed by atoms with Crippen molar-refractivity contribution in [1.29, 1.82) is 0 Å². The molecule has 0 aliphatic carbocycles. The second-order valence-corrected chi connectivity index (χ2v) is 3.20. The Morgan fingerprint density at radius 2 is 2.12 bits per heavy atom. The number of ether oxygens (including phenoxy) is 2. The number of hydrogen-bond donors (Lipinski definition) is 1. The number of halogens is 3. The molecule has 4 nitrogen and oxygen atoms in total. The van der Waals surface area contributed by atoms with E-state index in [4.69, 9.17) is 9.84 Å². The minimum absolute atomic E-state index is 0.0602. The van der Waals surface area contributed by atoms with Crippen LogP contribution in [0.1, 0.15) is 11.3 Å². The Bertz CT molecular complexity index is 368. The van der Waals surface area contributed by atoms with Crippen molar-refractivity contribution in [3.05, 3.63) is 23.5 Å². The topological polar surface area (TPSA) is 51.6 Å². The molecule has 7 heteroatoms. The zero-order chi connectivity index (χ0) is 12.9. The molecule has 0 fully saturated rings. The lowest BCUT2D eigenvalue weighted by atomic mass is 10.1. The van der Waals surface area contributed by atoms with Crippen LogP contribution in [0.4, 0.5) is 13.2 Å². The first-order valence-electron chi connectivity index (χ1n) is 4.77. The summed E-state index contributed by atoms with van der Waals surface area (Å²) in [5.41, 5.74) is -0.766. The maximum atomic E-state index is 12.4. The zero-order valence-electron chi connectivity index (χ0n) is 9.12. The Labute approximate surface area is 96.0 Å². The van der Waals surface area contributed by atoms with Gasteiger partial charge in [-0.25, -0.2) is 4.98 Å². The Morgan fingerprint density at radius 3 is 2.65 bits per heavy atom. The van der Waals surface area contributed by atoms with Crippen LogP contribution >= 0.6 is 0 Å². The number of aliphatic hydroxyl groups is 1. The first-order chi connectivity index (χ1) is 7.99. The van der Waals surface area contributed by atoms with Gasteiger partial charge in [-0.05, 0) is 12.5 Å². The van der Waals surface area contributed by atoms with E-state index in [1.807, 2.05) is 0 Å². The molecule has 1 aromatic heterocycles. The number of nitrogens with zero attached hydrogens (tertiary/aromatic N) is 1. The molecule has 0 radical (unpaired) electrons. The molecular formula is C10H12F3NO3. The number of aliphatic hydroxyl groups excluding tert-OH is 1. The monoisotopic (exact) mass is 251 g/mol. The summed E-state index contributed by atoms with van der Waals surface area (Å²) in [6.45, 7) is -0.365. The molecule has 17 heavy (non-hydrogen) atoms. The highest BCUT2D eigenvalue weighted by molar-refractivity contribution is 5.33. The first kappa shape index (κ1) is 13.7. The molecule has 96 valence electrons. The van der Waals surface area contributed by atoms with E-state index < -0.39 is 11.9 Å². The van der Waals surface area contributed by atoms with Crippen molar-refractivity contribution in [3.63, 3.8) is 0 Å². The molecular weight excluding hydrogens is 239 g/mol. The third kappa shape index (κ3) is 3.86. The summed E-state index contributed by atoms with van der Waals surface area (Å²) in [7, 11) is 1.39. The molecule has 1 rings (SSSR count). The molecule has 1 heterocycles. The second-order valence-electron chi connectivity index (χ2n) is 3.20. The molecule has 0 aromatic carbocycles. The molecule has 0 unspecified atom stereocenters. The van der Waals surface area contributed by atoms with Crippen LogP contribution in [0.15, 0.2) is 12.3 Å². The Balaban J connectivity index is 2.99. The highest BCUT2D eigenvalue weighted by atomic mass is 19.4. The van der Waals surface area contributed by atoms with Crippen LogP contribution < -0.4 is 4.74 Å². The minimum atomic E-state index is -4.51. The van der Waals surface area contributed by atoms with E-state index in [2.05, 4.69) is 9.72 Å². The standard InChI is InChI=1S/C10H12F3NO3/c1-16-6-17-8-5-14-9(10(11,12)13)4-7(8)2-3-15/h4-5,15H,2-3,6H2,1H3. The molecule has 0 amide bonds. The molecule has 0 spiro atoms. The van der Waals surface area contributed by atoms with Gasteiger partial charge in [0.05, 0.1) is 6.20 Å². The summed E-state index contributed by atoms with van der Waals surface area (Å²) in [5.74, 6) is 0.175. The highest BCUT2D eigenvalue weighted by Gasteiger charge is 2.33. The number of rotatable bonds is 5. The molecule has 0 aliphatic heterocycles. The van der Waals surface area contributed by atoms with E-state index in [1.165, 1.54) is 7.11 Å². The fourth-order valence-electron chi connectivity index (χ4n) is 1.21. The lowest BCUT2D eigenvalue weighted by Gasteiger charge is -2.12. The summed E-state index contributed by atoms with van der Waals surface area (Å²) in [5, 5.41) is 8.77. The van der Waals surface area contributed by atoms with Gasteiger partial charge in [-0.1, -0.05) is 0 Å². The molecule has 0 saturated heterocycles. The Kier molecular flexibility index (Phi) is 4.71. The van der Waals surface area contributed by atoms with Crippen LogP contribution in [-0.4, -0.2) is 30.6 Å². The molecule has 0 bridgehead atoms. The lowest BCUT2D eigenvalue weighted by molar-refractivity contribution is -0.141. The van der Waals surface area contributed by atoms with Crippen molar-refractivity contribution in [1.82, 2.24) is 4.98 Å². The average Bonchev–Trinajstić information content (AvgIpc) is 2.26. The second kappa shape index (κ2) is 5.83. The molecule has 0 atom stereocenters. The van der Waals surface area contributed by atoms with Crippen LogP contribution in [0.3, 0.4) is 0 Å². The van der Waals surface area contributed by atoms with Crippen molar-refractivity contribution in [3.8, 4) is 5.75 Å².